The van der Waals surface area contributed by atoms with E-state index in [0.29, 0.717) is 30.1 Å². The molecule has 2 unspecified atom stereocenters. The van der Waals surface area contributed by atoms with E-state index in [1.165, 1.54) is 56.9 Å². The monoisotopic (exact) mass is 469 g/mol. The summed E-state index contributed by atoms with van der Waals surface area (Å²) < 4.78 is 11.6. The number of hydrogen-bond acceptors (Lipinski definition) is 4. The van der Waals surface area contributed by atoms with Crippen LogP contribution >= 0.6 is 0 Å². The van der Waals surface area contributed by atoms with E-state index in [4.69, 9.17) is 9.47 Å². The summed E-state index contributed by atoms with van der Waals surface area (Å²) in [6.45, 7) is 11.6. The molecule has 0 amide bonds. The molecule has 0 radical (unpaired) electrons. The minimum absolute atomic E-state index is 0.00762. The molecule has 1 saturated heterocycles. The van der Waals surface area contributed by atoms with Crippen molar-refractivity contribution in [1.29, 1.82) is 0 Å². The summed E-state index contributed by atoms with van der Waals surface area (Å²) >= 11 is 0. The average Bonchev–Trinajstić information content (AvgIpc) is 2.85. The third kappa shape index (κ3) is 6.56. The molecule has 34 heavy (non-hydrogen) atoms. The topological polar surface area (TPSA) is 38.8 Å². The van der Waals surface area contributed by atoms with Gasteiger partial charge in [-0.1, -0.05) is 39.3 Å². The summed E-state index contributed by atoms with van der Waals surface area (Å²) in [6.07, 6.45) is 12.3. The zero-order valence-corrected chi connectivity index (χ0v) is 22.1. The average molecular weight is 470 g/mol. The van der Waals surface area contributed by atoms with Gasteiger partial charge in [-0.2, -0.15) is 0 Å². The Morgan fingerprint density at radius 3 is 2.24 bits per heavy atom. The molecule has 0 spiro atoms. The fraction of sp³-hybridized carbons (Fsp3) is 0.767. The van der Waals surface area contributed by atoms with Gasteiger partial charge in [0.2, 0.25) is 0 Å². The second-order valence-electron chi connectivity index (χ2n) is 12.1. The van der Waals surface area contributed by atoms with Gasteiger partial charge in [-0.15, -0.1) is 0 Å². The zero-order chi connectivity index (χ0) is 24.1. The second-order valence-corrected chi connectivity index (χ2v) is 12.1. The van der Waals surface area contributed by atoms with E-state index >= 15 is 0 Å². The Bertz CT molecular complexity index is 767. The van der Waals surface area contributed by atoms with Crippen molar-refractivity contribution in [2.75, 3.05) is 19.7 Å². The van der Waals surface area contributed by atoms with Crippen LogP contribution in [0.5, 0.6) is 5.75 Å². The molecule has 1 aromatic rings. The molecule has 1 aliphatic heterocycles. The SMILES string of the molecule is CCOC(=O)C1CCN(C2CCCC(c3ccc(O[C@H]4CC[C@H](C(C)(C)C)CC4)cc3)C2)CC1. The first-order valence-corrected chi connectivity index (χ1v) is 14.0. The van der Waals surface area contributed by atoms with Crippen LogP contribution in [0.15, 0.2) is 24.3 Å². The van der Waals surface area contributed by atoms with Crippen molar-refractivity contribution >= 4 is 5.97 Å². The molecular weight excluding hydrogens is 422 g/mol. The molecule has 0 N–H and O–H groups in total. The van der Waals surface area contributed by atoms with Crippen LogP contribution in [-0.2, 0) is 9.53 Å². The summed E-state index contributed by atoms with van der Waals surface area (Å²) in [4.78, 5) is 14.7. The summed E-state index contributed by atoms with van der Waals surface area (Å²) in [5.74, 6) is 2.61. The molecular formula is C30H47NO3. The van der Waals surface area contributed by atoms with Crippen LogP contribution in [0.3, 0.4) is 0 Å². The van der Waals surface area contributed by atoms with Crippen LogP contribution in [0.25, 0.3) is 0 Å². The largest absolute Gasteiger partial charge is 0.490 e. The van der Waals surface area contributed by atoms with Gasteiger partial charge >= 0.3 is 5.97 Å². The number of likely N-dealkylation sites (tertiary alicyclic amines) is 1. The molecule has 2 saturated carbocycles. The first-order valence-electron chi connectivity index (χ1n) is 14.0. The first kappa shape index (κ1) is 25.5. The number of ether oxygens (including phenoxy) is 2. The van der Waals surface area contributed by atoms with Crippen molar-refractivity contribution in [2.24, 2.45) is 17.3 Å². The molecule has 1 heterocycles. The maximum atomic E-state index is 12.1. The molecule has 4 rings (SSSR count). The lowest BCUT2D eigenvalue weighted by Gasteiger charge is -2.41. The van der Waals surface area contributed by atoms with Crippen molar-refractivity contribution in [3.8, 4) is 5.75 Å². The lowest BCUT2D eigenvalue weighted by molar-refractivity contribution is -0.149. The van der Waals surface area contributed by atoms with Crippen LogP contribution in [0.1, 0.15) is 103 Å². The highest BCUT2D eigenvalue weighted by molar-refractivity contribution is 5.72. The highest BCUT2D eigenvalue weighted by atomic mass is 16.5. The lowest BCUT2D eigenvalue weighted by Crippen LogP contribution is -2.44. The predicted octanol–water partition coefficient (Wildman–Crippen LogP) is 6.97. The summed E-state index contributed by atoms with van der Waals surface area (Å²) in [5.41, 5.74) is 1.89. The Balaban J connectivity index is 1.25. The van der Waals surface area contributed by atoms with Gasteiger partial charge in [0.05, 0.1) is 18.6 Å². The molecule has 1 aromatic carbocycles. The number of carbonyl (C=O) groups excluding carboxylic acids is 1. The van der Waals surface area contributed by atoms with Gasteiger partial charge in [0.1, 0.15) is 5.75 Å². The van der Waals surface area contributed by atoms with E-state index in [1.807, 2.05) is 6.92 Å². The third-order valence-electron chi connectivity index (χ3n) is 8.87. The normalized spacial score (nSPS) is 29.5. The highest BCUT2D eigenvalue weighted by Gasteiger charge is 2.33. The quantitative estimate of drug-likeness (QED) is 0.422. The van der Waals surface area contributed by atoms with Crippen molar-refractivity contribution in [3.05, 3.63) is 29.8 Å². The molecule has 3 aliphatic rings. The summed E-state index contributed by atoms with van der Waals surface area (Å²) in [7, 11) is 0. The number of esters is 1. The Morgan fingerprint density at radius 1 is 0.941 bits per heavy atom. The van der Waals surface area contributed by atoms with Crippen molar-refractivity contribution < 1.29 is 14.3 Å². The number of carbonyl (C=O) groups is 1. The molecule has 2 atom stereocenters. The maximum absolute atomic E-state index is 12.1. The summed E-state index contributed by atoms with van der Waals surface area (Å²) in [6, 6.07) is 9.70. The fourth-order valence-electron chi connectivity index (χ4n) is 6.62. The van der Waals surface area contributed by atoms with Gasteiger partial charge in [-0.05, 0) is 113 Å². The molecule has 0 aromatic heterocycles. The van der Waals surface area contributed by atoms with E-state index in [2.05, 4.69) is 49.9 Å². The number of piperidine rings is 1. The molecule has 0 bridgehead atoms. The zero-order valence-electron chi connectivity index (χ0n) is 22.1. The molecule has 4 nitrogen and oxygen atoms in total. The van der Waals surface area contributed by atoms with Gasteiger partial charge in [0.15, 0.2) is 0 Å². The smallest absolute Gasteiger partial charge is 0.309 e. The van der Waals surface area contributed by atoms with Crippen molar-refractivity contribution in [2.45, 2.75) is 110 Å². The van der Waals surface area contributed by atoms with Gasteiger partial charge in [0, 0.05) is 6.04 Å². The van der Waals surface area contributed by atoms with Crippen molar-refractivity contribution in [3.63, 3.8) is 0 Å². The number of rotatable bonds is 6. The van der Waals surface area contributed by atoms with E-state index in [-0.39, 0.29) is 11.9 Å². The third-order valence-corrected chi connectivity index (χ3v) is 8.87. The Morgan fingerprint density at radius 2 is 1.62 bits per heavy atom. The highest BCUT2D eigenvalue weighted by Crippen LogP contribution is 2.40. The fourth-order valence-corrected chi connectivity index (χ4v) is 6.62. The van der Waals surface area contributed by atoms with Gasteiger partial charge in [-0.25, -0.2) is 0 Å². The number of hydrogen-bond donors (Lipinski definition) is 0. The molecule has 190 valence electrons. The minimum atomic E-state index is 0.00762. The maximum Gasteiger partial charge on any atom is 0.309 e. The van der Waals surface area contributed by atoms with Crippen molar-refractivity contribution in [1.82, 2.24) is 4.90 Å². The lowest BCUT2D eigenvalue weighted by atomic mass is 9.72. The summed E-state index contributed by atoms with van der Waals surface area (Å²) in [5, 5.41) is 0. The molecule has 3 fully saturated rings. The van der Waals surface area contributed by atoms with Crippen LogP contribution in [0, 0.1) is 17.3 Å². The number of nitrogens with zero attached hydrogens (tertiary/aromatic N) is 1. The Labute approximate surface area is 207 Å². The van der Waals surface area contributed by atoms with Crippen LogP contribution in [0.4, 0.5) is 0 Å². The van der Waals surface area contributed by atoms with Crippen LogP contribution < -0.4 is 4.74 Å². The van der Waals surface area contributed by atoms with Gasteiger partial charge in [0.25, 0.3) is 0 Å². The van der Waals surface area contributed by atoms with Crippen LogP contribution in [-0.4, -0.2) is 42.7 Å². The van der Waals surface area contributed by atoms with E-state index in [9.17, 15) is 4.79 Å². The molecule has 4 heteroatoms. The minimum Gasteiger partial charge on any atom is -0.490 e. The molecule has 2 aliphatic carbocycles. The van der Waals surface area contributed by atoms with Gasteiger partial charge < -0.3 is 14.4 Å². The van der Waals surface area contributed by atoms with Gasteiger partial charge in [-0.3, -0.25) is 4.79 Å². The standard InChI is InChI=1S/C30H47NO3/c1-5-33-29(32)23-17-19-31(20-18-23)26-8-6-7-24(21-26)22-9-13-27(14-10-22)34-28-15-11-25(12-16-28)30(2,3)4/h9-10,13-14,23-26,28H,5-8,11-12,15-21H2,1-4H3/t24?,25-,26?,28-. The first-order chi connectivity index (χ1) is 16.3. The van der Waals surface area contributed by atoms with E-state index < -0.39 is 0 Å². The Hall–Kier alpha value is -1.55. The van der Waals surface area contributed by atoms with E-state index in [0.717, 1.165) is 37.6 Å². The Kier molecular flexibility index (Phi) is 8.61. The van der Waals surface area contributed by atoms with E-state index in [1.54, 1.807) is 0 Å². The van der Waals surface area contributed by atoms with Crippen LogP contribution in [0.2, 0.25) is 0 Å². The predicted molar refractivity (Wildman–Crippen MR) is 138 cm³/mol. The second kappa shape index (κ2) is 11.5. The number of benzene rings is 1.